The zero-order chi connectivity index (χ0) is 23.2. The molecule has 7 nitrogen and oxygen atoms in total. The van der Waals surface area contributed by atoms with E-state index < -0.39 is 5.60 Å². The molecular formula is C26H36N2O5. The normalized spacial score (nSPS) is 22.3. The zero-order valence-corrected chi connectivity index (χ0v) is 20.2. The first-order valence-corrected chi connectivity index (χ1v) is 12.4. The Hall–Kier alpha value is -2.44. The summed E-state index contributed by atoms with van der Waals surface area (Å²) in [6.07, 6.45) is 5.72. The molecule has 1 spiro atoms. The minimum Gasteiger partial charge on any atom is -0.486 e. The topological polar surface area (TPSA) is 68.3 Å². The lowest BCUT2D eigenvalue weighted by atomic mass is 9.73. The quantitative estimate of drug-likeness (QED) is 0.632. The number of nitrogens with zero attached hydrogens (tertiary/aromatic N) is 2. The largest absolute Gasteiger partial charge is 0.486 e. The molecular weight excluding hydrogens is 420 g/mol. The molecule has 0 bridgehead atoms. The zero-order valence-electron chi connectivity index (χ0n) is 20.2. The average Bonchev–Trinajstić information content (AvgIpc) is 3.25. The summed E-state index contributed by atoms with van der Waals surface area (Å²) >= 11 is 0. The van der Waals surface area contributed by atoms with E-state index in [1.165, 1.54) is 24.0 Å². The van der Waals surface area contributed by atoms with E-state index in [0.717, 1.165) is 30.9 Å². The van der Waals surface area contributed by atoms with Crippen molar-refractivity contribution in [1.82, 2.24) is 9.80 Å². The maximum atomic E-state index is 13.6. The van der Waals surface area contributed by atoms with Gasteiger partial charge in [0.2, 0.25) is 5.91 Å². The number of amides is 2. The minimum atomic E-state index is -0.505. The summed E-state index contributed by atoms with van der Waals surface area (Å²) in [4.78, 5) is 29.9. The van der Waals surface area contributed by atoms with Crippen molar-refractivity contribution in [2.45, 2.75) is 76.9 Å². The number of hydrogen-bond acceptors (Lipinski definition) is 5. The van der Waals surface area contributed by atoms with Crippen molar-refractivity contribution in [2.24, 2.45) is 5.92 Å². The van der Waals surface area contributed by atoms with Gasteiger partial charge in [-0.1, -0.05) is 12.8 Å². The van der Waals surface area contributed by atoms with Crippen molar-refractivity contribution in [3.05, 3.63) is 23.3 Å². The van der Waals surface area contributed by atoms with Crippen molar-refractivity contribution in [2.75, 3.05) is 32.8 Å². The molecule has 4 aliphatic rings. The van der Waals surface area contributed by atoms with Gasteiger partial charge in [0.25, 0.3) is 0 Å². The van der Waals surface area contributed by atoms with Crippen molar-refractivity contribution in [3.63, 3.8) is 0 Å². The molecule has 2 amide bonds. The fourth-order valence-electron chi connectivity index (χ4n) is 6.00. The highest BCUT2D eigenvalue weighted by atomic mass is 16.6. The molecule has 0 radical (unpaired) electrons. The maximum Gasteiger partial charge on any atom is 0.410 e. The molecule has 180 valence electrons. The van der Waals surface area contributed by atoms with Gasteiger partial charge in [0.15, 0.2) is 11.5 Å². The number of hydrogen-bond donors (Lipinski definition) is 0. The summed E-state index contributed by atoms with van der Waals surface area (Å²) in [5.41, 5.74) is 2.07. The van der Waals surface area contributed by atoms with E-state index in [1.807, 2.05) is 20.8 Å². The summed E-state index contributed by atoms with van der Waals surface area (Å²) in [7, 11) is 0. The molecule has 1 aromatic carbocycles. The van der Waals surface area contributed by atoms with Crippen LogP contribution in [-0.2, 0) is 21.5 Å². The van der Waals surface area contributed by atoms with Gasteiger partial charge in [-0.05, 0) is 69.7 Å². The van der Waals surface area contributed by atoms with Crippen molar-refractivity contribution < 1.29 is 23.8 Å². The summed E-state index contributed by atoms with van der Waals surface area (Å²) < 4.78 is 17.2. The summed E-state index contributed by atoms with van der Waals surface area (Å²) in [5, 5.41) is 0. The van der Waals surface area contributed by atoms with E-state index in [2.05, 4.69) is 17.0 Å². The molecule has 0 aromatic heterocycles. The van der Waals surface area contributed by atoms with Gasteiger partial charge in [0.1, 0.15) is 18.8 Å². The van der Waals surface area contributed by atoms with Crippen LogP contribution in [0.1, 0.15) is 70.4 Å². The van der Waals surface area contributed by atoms with Crippen LogP contribution in [0.4, 0.5) is 4.79 Å². The van der Waals surface area contributed by atoms with Crippen molar-refractivity contribution in [1.29, 1.82) is 0 Å². The van der Waals surface area contributed by atoms with Gasteiger partial charge in [-0.3, -0.25) is 4.79 Å². The molecule has 3 heterocycles. The third-order valence-corrected chi connectivity index (χ3v) is 7.56. The lowest BCUT2D eigenvalue weighted by Gasteiger charge is -2.44. The number of carbonyl (C=O) groups is 2. The Balaban J connectivity index is 1.31. The number of piperidine rings is 1. The third kappa shape index (κ3) is 4.38. The van der Waals surface area contributed by atoms with Crippen molar-refractivity contribution >= 4 is 12.0 Å². The number of likely N-dealkylation sites (tertiary alicyclic amines) is 1. The Bertz CT molecular complexity index is 923. The van der Waals surface area contributed by atoms with Crippen molar-refractivity contribution in [3.8, 4) is 11.5 Å². The number of benzene rings is 1. The molecule has 1 aromatic rings. The van der Waals surface area contributed by atoms with E-state index in [1.54, 1.807) is 4.90 Å². The van der Waals surface area contributed by atoms with E-state index in [9.17, 15) is 9.59 Å². The molecule has 7 heteroatoms. The van der Waals surface area contributed by atoms with E-state index in [0.29, 0.717) is 45.7 Å². The van der Waals surface area contributed by atoms with Crippen LogP contribution in [0, 0.1) is 5.92 Å². The molecule has 0 atom stereocenters. The van der Waals surface area contributed by atoms with Gasteiger partial charge in [0.05, 0.1) is 0 Å². The Kier molecular flexibility index (Phi) is 5.69. The first-order valence-electron chi connectivity index (χ1n) is 12.4. The number of carbonyl (C=O) groups excluding carboxylic acids is 2. The van der Waals surface area contributed by atoms with Gasteiger partial charge in [0, 0.05) is 37.5 Å². The first kappa shape index (κ1) is 22.4. The lowest BCUT2D eigenvalue weighted by molar-refractivity contribution is -0.139. The van der Waals surface area contributed by atoms with E-state index in [4.69, 9.17) is 14.2 Å². The van der Waals surface area contributed by atoms with Crippen LogP contribution < -0.4 is 9.47 Å². The summed E-state index contributed by atoms with van der Waals surface area (Å²) in [6, 6.07) is 4.30. The van der Waals surface area contributed by atoms with Crippen LogP contribution >= 0.6 is 0 Å². The van der Waals surface area contributed by atoms with Crippen LogP contribution in [0.2, 0.25) is 0 Å². The van der Waals surface area contributed by atoms with E-state index >= 15 is 0 Å². The third-order valence-electron chi connectivity index (χ3n) is 7.56. The molecule has 1 saturated heterocycles. The second-order valence-electron chi connectivity index (χ2n) is 11.1. The maximum absolute atomic E-state index is 13.6. The number of ether oxygens (including phenoxy) is 3. The Morgan fingerprint density at radius 3 is 2.27 bits per heavy atom. The Labute approximate surface area is 196 Å². The summed E-state index contributed by atoms with van der Waals surface area (Å²) in [5.74, 6) is 1.83. The molecule has 1 aliphatic carbocycles. The van der Waals surface area contributed by atoms with E-state index in [-0.39, 0.29) is 23.3 Å². The fourth-order valence-corrected chi connectivity index (χ4v) is 6.00. The minimum absolute atomic E-state index is 0.0241. The Morgan fingerprint density at radius 2 is 1.64 bits per heavy atom. The SMILES string of the molecule is CC(C)(C)OC(=O)N1CCC(C(=O)N2Cc3cc4c(cc3C3(CCCC3)C2)OCCO4)CC1. The predicted molar refractivity (Wildman–Crippen MR) is 124 cm³/mol. The van der Waals surface area contributed by atoms with Crippen LogP contribution in [0.25, 0.3) is 0 Å². The molecule has 1 saturated carbocycles. The highest BCUT2D eigenvalue weighted by molar-refractivity contribution is 5.80. The summed E-state index contributed by atoms with van der Waals surface area (Å²) in [6.45, 7) is 9.33. The van der Waals surface area contributed by atoms with Gasteiger partial charge in [-0.15, -0.1) is 0 Å². The fraction of sp³-hybridized carbons (Fsp3) is 0.692. The van der Waals surface area contributed by atoms with Crippen LogP contribution in [-0.4, -0.2) is 60.2 Å². The highest BCUT2D eigenvalue weighted by Gasteiger charge is 2.45. The predicted octanol–water partition coefficient (Wildman–Crippen LogP) is 4.26. The second kappa shape index (κ2) is 8.41. The van der Waals surface area contributed by atoms with Crippen LogP contribution in [0.5, 0.6) is 11.5 Å². The number of fused-ring (bicyclic) bond motifs is 3. The highest BCUT2D eigenvalue weighted by Crippen LogP contribution is 2.49. The molecule has 5 rings (SSSR count). The number of rotatable bonds is 1. The van der Waals surface area contributed by atoms with Gasteiger partial charge < -0.3 is 24.0 Å². The standard InChI is InChI=1S/C26H36N2O5/c1-25(2,3)33-24(30)27-10-6-18(7-11-27)23(29)28-16-19-14-21-22(32-13-12-31-21)15-20(19)26(17-28)8-4-5-9-26/h14-15,18H,4-13,16-17H2,1-3H3. The molecule has 0 unspecified atom stereocenters. The average molecular weight is 457 g/mol. The lowest BCUT2D eigenvalue weighted by Crippen LogP contribution is -2.50. The van der Waals surface area contributed by atoms with Gasteiger partial charge >= 0.3 is 6.09 Å². The Morgan fingerprint density at radius 1 is 1.00 bits per heavy atom. The molecule has 2 fully saturated rings. The monoisotopic (exact) mass is 456 g/mol. The van der Waals surface area contributed by atoms with Crippen LogP contribution in [0.3, 0.4) is 0 Å². The van der Waals surface area contributed by atoms with Crippen LogP contribution in [0.15, 0.2) is 12.1 Å². The van der Waals surface area contributed by atoms with Gasteiger partial charge in [-0.25, -0.2) is 4.79 Å². The molecule has 0 N–H and O–H groups in total. The molecule has 33 heavy (non-hydrogen) atoms. The second-order valence-corrected chi connectivity index (χ2v) is 11.1. The van der Waals surface area contributed by atoms with Gasteiger partial charge in [-0.2, -0.15) is 0 Å². The smallest absolute Gasteiger partial charge is 0.410 e. The first-order chi connectivity index (χ1) is 15.7. The molecule has 3 aliphatic heterocycles.